The average Bonchev–Trinajstić information content (AvgIpc) is 3.06. The Morgan fingerprint density at radius 1 is 1.30 bits per heavy atom. The second-order valence-electron chi connectivity index (χ2n) is 6.59. The summed E-state index contributed by atoms with van der Waals surface area (Å²) in [5.74, 6) is -0.951. The first-order valence-electron chi connectivity index (χ1n) is 8.07. The summed E-state index contributed by atoms with van der Waals surface area (Å²) < 4.78 is 0. The number of carbonyl (C=O) groups is 2. The van der Waals surface area contributed by atoms with Gasteiger partial charge >= 0.3 is 5.97 Å². The van der Waals surface area contributed by atoms with Gasteiger partial charge in [-0.2, -0.15) is 0 Å². The van der Waals surface area contributed by atoms with Crippen LogP contribution in [0.1, 0.15) is 43.2 Å². The molecule has 0 spiro atoms. The number of hydrogen-bond donors (Lipinski definition) is 3. The first-order valence-corrected chi connectivity index (χ1v) is 8.07. The summed E-state index contributed by atoms with van der Waals surface area (Å²) in [5, 5.41) is 13.2. The van der Waals surface area contributed by atoms with Crippen LogP contribution < -0.4 is 5.32 Å². The van der Waals surface area contributed by atoms with Gasteiger partial charge in [0.05, 0.1) is 18.4 Å². The highest BCUT2D eigenvalue weighted by molar-refractivity contribution is 5.91. The van der Waals surface area contributed by atoms with Crippen LogP contribution in [-0.2, 0) is 16.0 Å². The zero-order valence-corrected chi connectivity index (χ0v) is 13.3. The fourth-order valence-corrected chi connectivity index (χ4v) is 3.79. The minimum absolute atomic E-state index is 0.00561. The summed E-state index contributed by atoms with van der Waals surface area (Å²) in [6.07, 6.45) is 5.59. The summed E-state index contributed by atoms with van der Waals surface area (Å²) >= 11 is 0. The van der Waals surface area contributed by atoms with E-state index >= 15 is 0 Å². The van der Waals surface area contributed by atoms with Gasteiger partial charge in [0.2, 0.25) is 5.91 Å². The van der Waals surface area contributed by atoms with E-state index in [1.54, 1.807) is 0 Å². The van der Waals surface area contributed by atoms with Crippen LogP contribution in [0.15, 0.2) is 24.4 Å². The van der Waals surface area contributed by atoms with Crippen LogP contribution in [0, 0.1) is 6.92 Å². The van der Waals surface area contributed by atoms with Crippen LogP contribution in [0.2, 0.25) is 0 Å². The van der Waals surface area contributed by atoms with E-state index in [1.165, 1.54) is 0 Å². The van der Waals surface area contributed by atoms with Gasteiger partial charge in [0.25, 0.3) is 0 Å². The molecule has 1 aromatic heterocycles. The van der Waals surface area contributed by atoms with Gasteiger partial charge < -0.3 is 15.4 Å². The molecule has 1 aliphatic rings. The number of carbonyl (C=O) groups excluding carboxylic acids is 1. The topological polar surface area (TPSA) is 82.2 Å². The minimum atomic E-state index is -0.852. The minimum Gasteiger partial charge on any atom is -0.481 e. The number of carboxylic acids is 1. The lowest BCUT2D eigenvalue weighted by Crippen LogP contribution is -2.48. The van der Waals surface area contributed by atoms with Gasteiger partial charge in [-0.3, -0.25) is 9.59 Å². The lowest BCUT2D eigenvalue weighted by molar-refractivity contribution is -0.139. The molecule has 5 heteroatoms. The van der Waals surface area contributed by atoms with E-state index in [2.05, 4.69) is 10.3 Å². The second-order valence-corrected chi connectivity index (χ2v) is 6.59. The predicted octanol–water partition coefficient (Wildman–Crippen LogP) is 2.92. The molecule has 122 valence electrons. The maximum Gasteiger partial charge on any atom is 0.305 e. The molecular formula is C18H22N2O3. The summed E-state index contributed by atoms with van der Waals surface area (Å²) in [6, 6.07) is 6.01. The van der Waals surface area contributed by atoms with Crippen LogP contribution in [0.4, 0.5) is 0 Å². The van der Waals surface area contributed by atoms with Crippen molar-refractivity contribution in [3.05, 3.63) is 35.5 Å². The highest BCUT2D eigenvalue weighted by atomic mass is 16.4. The lowest BCUT2D eigenvalue weighted by atomic mass is 9.92. The Balaban J connectivity index is 1.77. The summed E-state index contributed by atoms with van der Waals surface area (Å²) in [6.45, 7) is 2.03. The van der Waals surface area contributed by atoms with Gasteiger partial charge in [0.15, 0.2) is 0 Å². The molecule has 2 aromatic rings. The first kappa shape index (κ1) is 15.6. The largest absolute Gasteiger partial charge is 0.481 e. The third-order valence-electron chi connectivity index (χ3n) is 4.80. The van der Waals surface area contributed by atoms with Crippen LogP contribution in [0.25, 0.3) is 10.9 Å². The number of aromatic amines is 1. The molecule has 0 bridgehead atoms. The Bertz CT molecular complexity index is 742. The SMILES string of the molecule is Cc1cccc2[nH]cc(CC(=O)NC3(CC(=O)O)CCCC3)c12. The molecule has 0 aliphatic heterocycles. The zero-order valence-electron chi connectivity index (χ0n) is 13.3. The van der Waals surface area contributed by atoms with E-state index in [4.69, 9.17) is 5.11 Å². The number of aromatic nitrogens is 1. The van der Waals surface area contributed by atoms with E-state index < -0.39 is 11.5 Å². The van der Waals surface area contributed by atoms with Crippen molar-refractivity contribution in [2.75, 3.05) is 0 Å². The molecule has 1 heterocycles. The van der Waals surface area contributed by atoms with Crippen molar-refractivity contribution in [1.82, 2.24) is 10.3 Å². The van der Waals surface area contributed by atoms with Crippen molar-refractivity contribution >= 4 is 22.8 Å². The molecular weight excluding hydrogens is 292 g/mol. The highest BCUT2D eigenvalue weighted by Crippen LogP contribution is 2.33. The molecule has 23 heavy (non-hydrogen) atoms. The van der Waals surface area contributed by atoms with Gasteiger partial charge in [-0.25, -0.2) is 0 Å². The Hall–Kier alpha value is -2.30. The Labute approximate surface area is 135 Å². The van der Waals surface area contributed by atoms with Gasteiger partial charge in [-0.05, 0) is 37.0 Å². The molecule has 0 radical (unpaired) electrons. The molecule has 0 saturated heterocycles. The summed E-state index contributed by atoms with van der Waals surface area (Å²) in [7, 11) is 0. The molecule has 0 unspecified atom stereocenters. The number of fused-ring (bicyclic) bond motifs is 1. The van der Waals surface area contributed by atoms with E-state index in [9.17, 15) is 9.59 Å². The third kappa shape index (κ3) is 3.23. The van der Waals surface area contributed by atoms with Gasteiger partial charge in [-0.15, -0.1) is 0 Å². The van der Waals surface area contributed by atoms with Gasteiger partial charge in [0.1, 0.15) is 0 Å². The Morgan fingerprint density at radius 2 is 2.04 bits per heavy atom. The Morgan fingerprint density at radius 3 is 2.74 bits per heavy atom. The number of carboxylic acid groups (broad SMARTS) is 1. The third-order valence-corrected chi connectivity index (χ3v) is 4.80. The molecule has 1 aliphatic carbocycles. The predicted molar refractivity (Wildman–Crippen MR) is 88.3 cm³/mol. The fraction of sp³-hybridized carbons (Fsp3) is 0.444. The van der Waals surface area contributed by atoms with Crippen LogP contribution in [-0.4, -0.2) is 27.5 Å². The van der Waals surface area contributed by atoms with Crippen molar-refractivity contribution in [3.8, 4) is 0 Å². The fourth-order valence-electron chi connectivity index (χ4n) is 3.79. The van der Waals surface area contributed by atoms with Crippen molar-refractivity contribution in [2.24, 2.45) is 0 Å². The normalized spacial score (nSPS) is 16.6. The Kier molecular flexibility index (Phi) is 4.11. The molecule has 5 nitrogen and oxygen atoms in total. The van der Waals surface area contributed by atoms with Gasteiger partial charge in [0, 0.05) is 17.1 Å². The van der Waals surface area contributed by atoms with Crippen molar-refractivity contribution in [1.29, 1.82) is 0 Å². The monoisotopic (exact) mass is 314 g/mol. The van der Waals surface area contributed by atoms with Crippen molar-refractivity contribution in [3.63, 3.8) is 0 Å². The summed E-state index contributed by atoms with van der Waals surface area (Å²) in [4.78, 5) is 26.8. The van der Waals surface area contributed by atoms with Crippen LogP contribution >= 0.6 is 0 Å². The number of rotatable bonds is 5. The van der Waals surface area contributed by atoms with E-state index in [0.29, 0.717) is 0 Å². The van der Waals surface area contributed by atoms with Crippen molar-refractivity contribution < 1.29 is 14.7 Å². The van der Waals surface area contributed by atoms with E-state index in [0.717, 1.165) is 47.7 Å². The number of hydrogen-bond acceptors (Lipinski definition) is 2. The molecule has 1 fully saturated rings. The number of benzene rings is 1. The maximum atomic E-state index is 12.5. The number of aryl methyl sites for hydroxylation is 1. The standard InChI is InChI=1S/C18H22N2O3/c1-12-5-4-6-14-17(12)13(11-19-14)9-15(21)20-18(10-16(22)23)7-2-3-8-18/h4-6,11,19H,2-3,7-10H2,1H3,(H,20,21)(H,22,23). The molecule has 0 atom stereocenters. The van der Waals surface area contributed by atoms with E-state index in [-0.39, 0.29) is 18.7 Å². The number of aliphatic carboxylic acids is 1. The quantitative estimate of drug-likeness (QED) is 0.793. The van der Waals surface area contributed by atoms with Crippen molar-refractivity contribution in [2.45, 2.75) is 51.0 Å². The maximum absolute atomic E-state index is 12.5. The molecule has 3 N–H and O–H groups in total. The highest BCUT2D eigenvalue weighted by Gasteiger charge is 2.37. The molecule has 3 rings (SSSR count). The second kappa shape index (κ2) is 6.07. The zero-order chi connectivity index (χ0) is 16.4. The number of amides is 1. The average molecular weight is 314 g/mol. The molecule has 1 saturated carbocycles. The lowest BCUT2D eigenvalue weighted by Gasteiger charge is -2.28. The van der Waals surface area contributed by atoms with E-state index in [1.807, 2.05) is 31.3 Å². The van der Waals surface area contributed by atoms with Crippen LogP contribution in [0.3, 0.4) is 0 Å². The van der Waals surface area contributed by atoms with Gasteiger partial charge in [-0.1, -0.05) is 25.0 Å². The first-order chi connectivity index (χ1) is 11.0. The van der Waals surface area contributed by atoms with Crippen LogP contribution in [0.5, 0.6) is 0 Å². The molecule has 1 aromatic carbocycles. The number of nitrogens with one attached hydrogen (secondary N) is 2. The number of H-pyrrole nitrogens is 1. The summed E-state index contributed by atoms with van der Waals surface area (Å²) in [5.41, 5.74) is 2.55. The molecule has 1 amide bonds. The smallest absolute Gasteiger partial charge is 0.305 e.